The Hall–Kier alpha value is -2.16. The Morgan fingerprint density at radius 1 is 1.10 bits per heavy atom. The highest BCUT2D eigenvalue weighted by Gasteiger charge is 2.39. The largest absolute Gasteiger partial charge is 0.335 e. The third-order valence-electron chi connectivity index (χ3n) is 4.70. The van der Waals surface area contributed by atoms with Crippen LogP contribution in [0.3, 0.4) is 0 Å². The van der Waals surface area contributed by atoms with E-state index in [9.17, 15) is 4.79 Å². The second-order valence-electron chi connectivity index (χ2n) is 6.05. The standard InChI is InChI=1S/C18H18N2O/c21-17-11-15-10-16(9-14-7-4-8-19-18(14)15)20(17)12-13-5-2-1-3-6-13/h1-8,15-16H,9-12H2/t15-,16+/m0/s1. The second-order valence-corrected chi connectivity index (χ2v) is 6.05. The van der Waals surface area contributed by atoms with E-state index in [-0.39, 0.29) is 5.91 Å². The van der Waals surface area contributed by atoms with Crippen LogP contribution in [0.25, 0.3) is 0 Å². The fourth-order valence-electron chi connectivity index (χ4n) is 3.71. The summed E-state index contributed by atoms with van der Waals surface area (Å²) in [7, 11) is 0. The minimum Gasteiger partial charge on any atom is -0.335 e. The van der Waals surface area contributed by atoms with Gasteiger partial charge in [0, 0.05) is 36.8 Å². The van der Waals surface area contributed by atoms with Gasteiger partial charge in [0.15, 0.2) is 0 Å². The Morgan fingerprint density at radius 2 is 1.95 bits per heavy atom. The van der Waals surface area contributed by atoms with Crippen molar-refractivity contribution in [1.29, 1.82) is 0 Å². The second kappa shape index (κ2) is 4.99. The molecule has 1 fully saturated rings. The highest BCUT2D eigenvalue weighted by Crippen LogP contribution is 2.39. The van der Waals surface area contributed by atoms with Crippen LogP contribution in [0.4, 0.5) is 0 Å². The van der Waals surface area contributed by atoms with Gasteiger partial charge in [-0.25, -0.2) is 0 Å². The van der Waals surface area contributed by atoms with Gasteiger partial charge in [-0.15, -0.1) is 0 Å². The average molecular weight is 278 g/mol. The predicted molar refractivity (Wildman–Crippen MR) is 80.7 cm³/mol. The Bertz CT molecular complexity index is 668. The van der Waals surface area contributed by atoms with Gasteiger partial charge in [0.05, 0.1) is 0 Å². The van der Waals surface area contributed by atoms with Crippen LogP contribution in [0.2, 0.25) is 0 Å². The third kappa shape index (κ3) is 2.23. The Labute approximate surface area is 124 Å². The van der Waals surface area contributed by atoms with Gasteiger partial charge < -0.3 is 4.90 Å². The molecule has 106 valence electrons. The van der Waals surface area contributed by atoms with Crippen molar-refractivity contribution >= 4 is 5.91 Å². The zero-order chi connectivity index (χ0) is 14.2. The number of amides is 1. The lowest BCUT2D eigenvalue weighted by Gasteiger charge is -2.43. The maximum atomic E-state index is 12.5. The molecular formula is C18H18N2O. The lowest BCUT2D eigenvalue weighted by molar-refractivity contribution is -0.138. The highest BCUT2D eigenvalue weighted by molar-refractivity contribution is 5.79. The maximum Gasteiger partial charge on any atom is 0.223 e. The van der Waals surface area contributed by atoms with Crippen molar-refractivity contribution in [2.75, 3.05) is 0 Å². The normalized spacial score (nSPS) is 23.8. The number of piperidine rings is 1. The minimum atomic E-state index is 0.274. The van der Waals surface area contributed by atoms with Crippen molar-refractivity contribution in [2.45, 2.75) is 37.8 Å². The van der Waals surface area contributed by atoms with Crippen LogP contribution in [0.5, 0.6) is 0 Å². The summed E-state index contributed by atoms with van der Waals surface area (Å²) in [5, 5.41) is 0. The molecule has 1 aliphatic carbocycles. The number of carbonyl (C=O) groups is 1. The van der Waals surface area contributed by atoms with Gasteiger partial charge >= 0.3 is 0 Å². The molecule has 2 bridgehead atoms. The van der Waals surface area contributed by atoms with Crippen LogP contribution >= 0.6 is 0 Å². The van der Waals surface area contributed by atoms with Crippen molar-refractivity contribution in [1.82, 2.24) is 9.88 Å². The van der Waals surface area contributed by atoms with E-state index in [4.69, 9.17) is 0 Å². The Kier molecular flexibility index (Phi) is 2.99. The molecular weight excluding hydrogens is 260 g/mol. The molecule has 1 amide bonds. The summed E-state index contributed by atoms with van der Waals surface area (Å²) in [6.45, 7) is 0.729. The molecule has 1 aliphatic heterocycles. The molecule has 2 heterocycles. The summed E-state index contributed by atoms with van der Waals surface area (Å²) in [4.78, 5) is 19.1. The zero-order valence-corrected chi connectivity index (χ0v) is 11.9. The van der Waals surface area contributed by atoms with Crippen LogP contribution < -0.4 is 0 Å². The van der Waals surface area contributed by atoms with E-state index in [1.165, 1.54) is 11.1 Å². The van der Waals surface area contributed by atoms with Gasteiger partial charge in [0.25, 0.3) is 0 Å². The number of nitrogens with zero attached hydrogens (tertiary/aromatic N) is 2. The molecule has 1 saturated heterocycles. The van der Waals surface area contributed by atoms with Crippen molar-refractivity contribution < 1.29 is 4.79 Å². The molecule has 0 saturated carbocycles. The first-order valence-electron chi connectivity index (χ1n) is 7.58. The summed E-state index contributed by atoms with van der Waals surface area (Å²) in [6.07, 6.45) is 4.45. The van der Waals surface area contributed by atoms with Crippen LogP contribution in [0.1, 0.15) is 35.6 Å². The van der Waals surface area contributed by atoms with Crippen molar-refractivity contribution in [3.8, 4) is 0 Å². The van der Waals surface area contributed by atoms with E-state index in [2.05, 4.69) is 28.1 Å². The summed E-state index contributed by atoms with van der Waals surface area (Å²) in [5.74, 6) is 0.593. The number of hydrogen-bond donors (Lipinski definition) is 0. The molecule has 3 heteroatoms. The molecule has 21 heavy (non-hydrogen) atoms. The van der Waals surface area contributed by atoms with E-state index in [1.54, 1.807) is 0 Å². The van der Waals surface area contributed by atoms with E-state index in [0.717, 1.165) is 25.1 Å². The fourth-order valence-corrected chi connectivity index (χ4v) is 3.71. The van der Waals surface area contributed by atoms with Gasteiger partial charge in [0.1, 0.15) is 0 Å². The molecule has 1 aromatic heterocycles. The molecule has 2 aromatic rings. The number of fused-ring (bicyclic) bond motifs is 4. The van der Waals surface area contributed by atoms with Gasteiger partial charge in [-0.1, -0.05) is 36.4 Å². The van der Waals surface area contributed by atoms with Crippen molar-refractivity contribution in [3.63, 3.8) is 0 Å². The molecule has 0 N–H and O–H groups in total. The maximum absolute atomic E-state index is 12.5. The van der Waals surface area contributed by atoms with Crippen molar-refractivity contribution in [2.24, 2.45) is 0 Å². The number of pyridine rings is 1. The molecule has 4 rings (SSSR count). The molecule has 3 nitrogen and oxygen atoms in total. The quantitative estimate of drug-likeness (QED) is 0.846. The SMILES string of the molecule is O=C1C[C@@H]2C[C@@H](Cc3cccnc32)N1Cc1ccccc1. The summed E-state index contributed by atoms with van der Waals surface area (Å²) in [6, 6.07) is 14.8. The number of rotatable bonds is 2. The monoisotopic (exact) mass is 278 g/mol. The van der Waals surface area contributed by atoms with Gasteiger partial charge in [-0.2, -0.15) is 0 Å². The first kappa shape index (κ1) is 12.6. The van der Waals surface area contributed by atoms with E-state index in [1.807, 2.05) is 30.5 Å². The minimum absolute atomic E-state index is 0.274. The first-order chi connectivity index (χ1) is 10.3. The van der Waals surface area contributed by atoms with Crippen molar-refractivity contribution in [3.05, 3.63) is 65.5 Å². The van der Waals surface area contributed by atoms with E-state index < -0.39 is 0 Å². The fraction of sp³-hybridized carbons (Fsp3) is 0.333. The number of carbonyl (C=O) groups excluding carboxylic acids is 1. The molecule has 2 atom stereocenters. The topological polar surface area (TPSA) is 33.2 Å². The Morgan fingerprint density at radius 3 is 2.81 bits per heavy atom. The van der Waals surface area contributed by atoms with E-state index >= 15 is 0 Å². The van der Waals surface area contributed by atoms with Crippen LogP contribution in [-0.4, -0.2) is 21.8 Å². The number of likely N-dealkylation sites (tertiary alicyclic amines) is 1. The number of aromatic nitrogens is 1. The van der Waals surface area contributed by atoms with Gasteiger partial charge in [0.2, 0.25) is 5.91 Å². The summed E-state index contributed by atoms with van der Waals surface area (Å²) in [5.41, 5.74) is 3.69. The molecule has 0 spiro atoms. The summed E-state index contributed by atoms with van der Waals surface area (Å²) < 4.78 is 0. The molecule has 0 unspecified atom stereocenters. The zero-order valence-electron chi connectivity index (χ0n) is 11.9. The molecule has 0 radical (unpaired) electrons. The smallest absolute Gasteiger partial charge is 0.223 e. The predicted octanol–water partition coefficient (Wildman–Crippen LogP) is 2.91. The van der Waals surface area contributed by atoms with Gasteiger partial charge in [-0.3, -0.25) is 9.78 Å². The Balaban J connectivity index is 1.62. The van der Waals surface area contributed by atoms with E-state index in [0.29, 0.717) is 18.4 Å². The molecule has 2 aliphatic rings. The first-order valence-corrected chi connectivity index (χ1v) is 7.58. The average Bonchev–Trinajstić information content (AvgIpc) is 2.52. The number of hydrogen-bond acceptors (Lipinski definition) is 2. The summed E-state index contributed by atoms with van der Waals surface area (Å²) >= 11 is 0. The lowest BCUT2D eigenvalue weighted by atomic mass is 9.77. The molecule has 1 aromatic carbocycles. The van der Waals surface area contributed by atoms with Crippen LogP contribution in [-0.2, 0) is 17.8 Å². The van der Waals surface area contributed by atoms with Gasteiger partial charge in [-0.05, 0) is 30.0 Å². The lowest BCUT2D eigenvalue weighted by Crippen LogP contribution is -2.48. The highest BCUT2D eigenvalue weighted by atomic mass is 16.2. The van der Waals surface area contributed by atoms with Crippen LogP contribution in [0, 0.1) is 0 Å². The number of benzene rings is 1. The van der Waals surface area contributed by atoms with Crippen LogP contribution in [0.15, 0.2) is 48.7 Å². The third-order valence-corrected chi connectivity index (χ3v) is 4.70.